The molecule has 4 aromatic rings. The quantitative estimate of drug-likeness (QED) is 0.124. The number of piperazine rings is 2. The minimum atomic E-state index is -4.04. The van der Waals surface area contributed by atoms with Crippen molar-refractivity contribution in [1.82, 2.24) is 28.8 Å². The number of hydrogen-bond donors (Lipinski definition) is 1. The second-order valence-electron chi connectivity index (χ2n) is 16.1. The second-order valence-corrected chi connectivity index (χ2v) is 20.7. The lowest BCUT2D eigenvalue weighted by molar-refractivity contribution is 0.00853. The van der Waals surface area contributed by atoms with Gasteiger partial charge in [0.25, 0.3) is 0 Å². The van der Waals surface area contributed by atoms with E-state index in [-0.39, 0.29) is 56.7 Å². The highest BCUT2D eigenvalue weighted by atomic mass is 35.5. The fraction of sp³-hybridized carbons (Fsp3) is 0.419. The largest absolute Gasteiger partial charge is 0.465 e. The molecule has 1 N–H and O–H groups in total. The van der Waals surface area contributed by atoms with Crippen molar-refractivity contribution in [1.29, 1.82) is 0 Å². The van der Waals surface area contributed by atoms with Gasteiger partial charge in [-0.15, -0.1) is 12.4 Å². The molecule has 0 radical (unpaired) electrons. The van der Waals surface area contributed by atoms with Crippen LogP contribution < -0.4 is 13.9 Å². The topological polar surface area (TPSA) is 201 Å². The van der Waals surface area contributed by atoms with Crippen LogP contribution in [0.15, 0.2) is 85.2 Å². The van der Waals surface area contributed by atoms with Gasteiger partial charge in [0.2, 0.25) is 0 Å². The van der Waals surface area contributed by atoms with Gasteiger partial charge in [-0.05, 0) is 95.3 Å². The maximum absolute atomic E-state index is 13.8. The third-order valence-corrected chi connectivity index (χ3v) is 14.3. The third-order valence-electron chi connectivity index (χ3n) is 10.1. The highest BCUT2D eigenvalue weighted by Crippen LogP contribution is 2.29. The number of anilines is 2. The average Bonchev–Trinajstić information content (AvgIpc) is 3.26. The molecule has 0 bridgehead atoms. The van der Waals surface area contributed by atoms with E-state index in [1.807, 2.05) is 6.92 Å². The number of nitrogens with one attached hydrogen (secondary N) is 1. The highest BCUT2D eigenvalue weighted by molar-refractivity contribution is 7.90. The molecule has 2 atom stereocenters. The number of pyridine rings is 2. The standard InChI is InChI=1S/C24H31ClN4O6S.C19H23ClN4O4S.ClH/c1-17-15-27(11-12-28(17)23(31)35-24(2,3)4)36(32,33)29(21-8-6-7-19(25)13-21)16-20-10-9-18(14-26-20)22(30)34-5;1-14-12-23(9-8-21-14)29(26,27)24(18-5-3-4-16(20)10-18)13-17-7-6-15(11-22-17)19(25)28-2;/h6-10,13-14,17H,11-12,15-16H2,1-5H3;3-7,10-11,14,21H,8-9,12-13H2,1-2H3;1H/t17-;14-;/m00./s1. The van der Waals surface area contributed by atoms with E-state index in [4.69, 9.17) is 32.7 Å². The molecule has 2 aromatic heterocycles. The van der Waals surface area contributed by atoms with Crippen molar-refractivity contribution in [2.75, 3.05) is 62.1 Å². The van der Waals surface area contributed by atoms with E-state index in [0.717, 1.165) is 0 Å². The molecule has 2 aromatic carbocycles. The smallest absolute Gasteiger partial charge is 0.410 e. The number of halogens is 3. The zero-order valence-corrected chi connectivity index (χ0v) is 41.5. The number of carbonyl (C=O) groups excluding carboxylic acids is 3. The molecule has 66 heavy (non-hydrogen) atoms. The number of aromatic nitrogens is 2. The van der Waals surface area contributed by atoms with Crippen LogP contribution >= 0.6 is 35.6 Å². The van der Waals surface area contributed by atoms with Crippen LogP contribution in [-0.4, -0.2) is 130 Å². The zero-order chi connectivity index (χ0) is 47.7. The predicted octanol–water partition coefficient (Wildman–Crippen LogP) is 6.20. The summed E-state index contributed by atoms with van der Waals surface area (Å²) >= 11 is 12.3. The van der Waals surface area contributed by atoms with Crippen LogP contribution in [0.2, 0.25) is 10.0 Å². The normalized spacial score (nSPS) is 17.0. The van der Waals surface area contributed by atoms with Crippen molar-refractivity contribution in [3.05, 3.63) is 118 Å². The number of methoxy groups -OCH3 is 2. The first-order valence-corrected chi connectivity index (χ1v) is 24.0. The molecule has 360 valence electrons. The molecule has 0 spiro atoms. The molecule has 1 amide bonds. The summed E-state index contributed by atoms with van der Waals surface area (Å²) in [6, 6.07) is 19.1. The van der Waals surface area contributed by atoms with E-state index < -0.39 is 50.1 Å². The van der Waals surface area contributed by atoms with Gasteiger partial charge in [-0.3, -0.25) is 18.6 Å². The Hall–Kier alpha value is -4.80. The number of amides is 1. The first-order chi connectivity index (χ1) is 30.6. The monoisotopic (exact) mass is 1010 g/mol. The van der Waals surface area contributed by atoms with Crippen molar-refractivity contribution in [2.45, 2.75) is 65.4 Å². The second kappa shape index (κ2) is 23.3. The molecule has 2 fully saturated rings. The highest BCUT2D eigenvalue weighted by Gasteiger charge is 2.39. The Labute approximate surface area is 402 Å². The maximum atomic E-state index is 13.8. The molecule has 0 saturated carbocycles. The van der Waals surface area contributed by atoms with Crippen LogP contribution in [0.5, 0.6) is 0 Å². The van der Waals surface area contributed by atoms with Gasteiger partial charge < -0.3 is 24.4 Å². The summed E-state index contributed by atoms with van der Waals surface area (Å²) in [4.78, 5) is 45.9. The van der Waals surface area contributed by atoms with E-state index in [2.05, 4.69) is 20.0 Å². The van der Waals surface area contributed by atoms with Crippen LogP contribution in [0.1, 0.15) is 66.7 Å². The van der Waals surface area contributed by atoms with E-state index in [1.165, 1.54) is 54.8 Å². The number of nitrogens with zero attached hydrogens (tertiary/aromatic N) is 7. The summed E-state index contributed by atoms with van der Waals surface area (Å²) in [5.41, 5.74) is 1.62. The van der Waals surface area contributed by atoms with Crippen LogP contribution in [-0.2, 0) is 47.7 Å². The zero-order valence-electron chi connectivity index (χ0n) is 37.6. The van der Waals surface area contributed by atoms with Gasteiger partial charge in [0.15, 0.2) is 0 Å². The van der Waals surface area contributed by atoms with Gasteiger partial charge >= 0.3 is 38.5 Å². The van der Waals surface area contributed by atoms with Crippen LogP contribution in [0.3, 0.4) is 0 Å². The Morgan fingerprint density at radius 3 is 1.58 bits per heavy atom. The number of benzene rings is 2. The Morgan fingerprint density at radius 1 is 0.727 bits per heavy atom. The minimum absolute atomic E-state index is 0. The Balaban J connectivity index is 0.000000290. The van der Waals surface area contributed by atoms with E-state index in [0.29, 0.717) is 58.0 Å². The fourth-order valence-electron chi connectivity index (χ4n) is 6.79. The fourth-order valence-corrected chi connectivity index (χ4v) is 10.5. The first kappa shape index (κ1) is 53.8. The van der Waals surface area contributed by atoms with Gasteiger partial charge in [-0.1, -0.05) is 35.3 Å². The first-order valence-electron chi connectivity index (χ1n) is 20.5. The molecule has 2 aliphatic rings. The van der Waals surface area contributed by atoms with E-state index in [9.17, 15) is 31.2 Å². The molecular formula is C43H55Cl3N8O10S2. The lowest BCUT2D eigenvalue weighted by atomic mass is 10.2. The number of ether oxygens (including phenoxy) is 3. The van der Waals surface area contributed by atoms with Crippen LogP contribution in [0, 0.1) is 0 Å². The summed E-state index contributed by atoms with van der Waals surface area (Å²) in [7, 11) is -5.30. The number of esters is 2. The summed E-state index contributed by atoms with van der Waals surface area (Å²) < 4.78 is 74.7. The average molecular weight is 1010 g/mol. The van der Waals surface area contributed by atoms with Gasteiger partial charge in [0.05, 0.1) is 61.2 Å². The van der Waals surface area contributed by atoms with E-state index in [1.54, 1.807) is 94.4 Å². The van der Waals surface area contributed by atoms with Gasteiger partial charge in [-0.25, -0.2) is 14.4 Å². The Bertz CT molecular complexity index is 2520. The van der Waals surface area contributed by atoms with Crippen molar-refractivity contribution in [2.24, 2.45) is 0 Å². The molecule has 18 nitrogen and oxygen atoms in total. The molecule has 2 aliphatic heterocycles. The molecule has 2 saturated heterocycles. The van der Waals surface area contributed by atoms with Gasteiger partial charge in [0, 0.05) is 73.8 Å². The summed E-state index contributed by atoms with van der Waals surface area (Å²) in [5, 5.41) is 4.06. The predicted molar refractivity (Wildman–Crippen MR) is 255 cm³/mol. The SMILES string of the molecule is COC(=O)c1ccc(CN(c2cccc(Cl)c2)S(=O)(=O)N2CCN(C(=O)OC(C)(C)C)[C@@H](C)C2)nc1.COC(=O)c1ccc(CN(c2cccc(Cl)c2)S(=O)(=O)N2CCN[C@@H](C)C2)nc1.Cl. The van der Waals surface area contributed by atoms with Crippen LogP contribution in [0.4, 0.5) is 16.2 Å². The number of carbonyl (C=O) groups is 3. The van der Waals surface area contributed by atoms with Gasteiger partial charge in [-0.2, -0.15) is 25.4 Å². The van der Waals surface area contributed by atoms with Crippen molar-refractivity contribution >= 4 is 85.4 Å². The number of rotatable bonds is 12. The third kappa shape index (κ3) is 14.1. The molecular weight excluding hydrogens is 959 g/mol. The van der Waals surface area contributed by atoms with Gasteiger partial charge in [0.1, 0.15) is 5.60 Å². The van der Waals surface area contributed by atoms with Crippen molar-refractivity contribution in [3.63, 3.8) is 0 Å². The Morgan fingerprint density at radius 2 is 1.20 bits per heavy atom. The van der Waals surface area contributed by atoms with Crippen molar-refractivity contribution < 1.29 is 45.4 Å². The molecule has 6 rings (SSSR count). The minimum Gasteiger partial charge on any atom is -0.465 e. The molecule has 4 heterocycles. The molecule has 0 aliphatic carbocycles. The summed E-state index contributed by atoms with van der Waals surface area (Å²) in [5.74, 6) is -1.04. The lowest BCUT2D eigenvalue weighted by Crippen LogP contribution is -2.58. The Kier molecular flexibility index (Phi) is 19.0. The lowest BCUT2D eigenvalue weighted by Gasteiger charge is -2.41. The van der Waals surface area contributed by atoms with E-state index >= 15 is 0 Å². The number of hydrogen-bond acceptors (Lipinski definition) is 13. The molecule has 0 unspecified atom stereocenters. The van der Waals surface area contributed by atoms with Crippen molar-refractivity contribution in [3.8, 4) is 0 Å². The summed E-state index contributed by atoms with van der Waals surface area (Å²) in [6.07, 6.45) is 2.23. The molecule has 23 heteroatoms. The summed E-state index contributed by atoms with van der Waals surface area (Å²) in [6.45, 7) is 10.7. The maximum Gasteiger partial charge on any atom is 0.410 e. The van der Waals surface area contributed by atoms with Crippen LogP contribution in [0.25, 0.3) is 0 Å².